The van der Waals surface area contributed by atoms with Crippen molar-refractivity contribution in [2.75, 3.05) is 12.3 Å². The third kappa shape index (κ3) is 2.30. The zero-order valence-corrected chi connectivity index (χ0v) is 11.3. The first kappa shape index (κ1) is 12.5. The van der Waals surface area contributed by atoms with Crippen LogP contribution in [0.15, 0.2) is 42.9 Å². The number of nitrogen functional groups attached to an aromatic ring is 1. The van der Waals surface area contributed by atoms with E-state index in [1.807, 2.05) is 42.0 Å². The molecule has 3 aromatic rings. The van der Waals surface area contributed by atoms with E-state index < -0.39 is 0 Å². The molecule has 2 N–H and O–H groups in total. The van der Waals surface area contributed by atoms with Gasteiger partial charge in [0.1, 0.15) is 23.7 Å². The number of aryl methyl sites for hydroxylation is 1. The Hall–Kier alpha value is -2.56. The molecule has 0 amide bonds. The van der Waals surface area contributed by atoms with Crippen molar-refractivity contribution in [3.05, 3.63) is 48.7 Å². The predicted octanol–water partition coefficient (Wildman–Crippen LogP) is 2.40. The Morgan fingerprint density at radius 1 is 1.20 bits per heavy atom. The molecule has 0 saturated carbocycles. The van der Waals surface area contributed by atoms with Crippen molar-refractivity contribution in [2.24, 2.45) is 0 Å². The van der Waals surface area contributed by atoms with Crippen LogP contribution in [0.3, 0.4) is 0 Å². The molecule has 0 aliphatic carbocycles. The number of rotatable bonds is 4. The number of anilines is 1. The number of pyridine rings is 1. The Balaban J connectivity index is 1.78. The number of hydrogen-bond acceptors (Lipinski definition) is 4. The Morgan fingerprint density at radius 3 is 2.90 bits per heavy atom. The zero-order chi connectivity index (χ0) is 13.9. The van der Waals surface area contributed by atoms with Crippen LogP contribution in [0.5, 0.6) is 5.75 Å². The van der Waals surface area contributed by atoms with E-state index in [1.54, 1.807) is 12.4 Å². The summed E-state index contributed by atoms with van der Waals surface area (Å²) < 4.78 is 7.88. The topological polar surface area (TPSA) is 66.0 Å². The molecule has 1 aromatic carbocycles. The molecular weight excluding hydrogens is 252 g/mol. The summed E-state index contributed by atoms with van der Waals surface area (Å²) in [5, 5.41) is 0.920. The summed E-state index contributed by atoms with van der Waals surface area (Å²) in [6.45, 7) is 3.29. The van der Waals surface area contributed by atoms with Crippen LogP contribution in [0.4, 0.5) is 5.69 Å². The van der Waals surface area contributed by atoms with Crippen molar-refractivity contribution in [1.82, 2.24) is 14.5 Å². The number of nitrogens with zero attached hydrogens (tertiary/aromatic N) is 3. The molecule has 0 aliphatic rings. The molecule has 0 radical (unpaired) electrons. The zero-order valence-electron chi connectivity index (χ0n) is 11.3. The molecule has 5 nitrogen and oxygen atoms in total. The highest BCUT2D eigenvalue weighted by molar-refractivity contribution is 5.94. The van der Waals surface area contributed by atoms with E-state index in [4.69, 9.17) is 10.5 Å². The van der Waals surface area contributed by atoms with Crippen molar-refractivity contribution in [3.8, 4) is 5.75 Å². The first-order valence-corrected chi connectivity index (χ1v) is 6.49. The highest BCUT2D eigenvalue weighted by Gasteiger charge is 2.06. The molecule has 0 unspecified atom stereocenters. The van der Waals surface area contributed by atoms with E-state index in [0.29, 0.717) is 12.3 Å². The van der Waals surface area contributed by atoms with Gasteiger partial charge in [-0.3, -0.25) is 4.98 Å². The van der Waals surface area contributed by atoms with Crippen molar-refractivity contribution in [1.29, 1.82) is 0 Å². The third-order valence-corrected chi connectivity index (χ3v) is 3.28. The molecule has 0 saturated heterocycles. The summed E-state index contributed by atoms with van der Waals surface area (Å²) in [6, 6.07) is 7.54. The average molecular weight is 268 g/mol. The summed E-state index contributed by atoms with van der Waals surface area (Å²) in [4.78, 5) is 8.53. The number of benzene rings is 1. The maximum Gasteiger partial charge on any atom is 0.145 e. The maximum atomic E-state index is 5.94. The van der Waals surface area contributed by atoms with Crippen LogP contribution in [-0.4, -0.2) is 21.1 Å². The summed E-state index contributed by atoms with van der Waals surface area (Å²) in [5.41, 5.74) is 7.46. The van der Waals surface area contributed by atoms with E-state index in [-0.39, 0.29) is 0 Å². The fraction of sp³-hybridized carbons (Fsp3) is 0.200. The van der Waals surface area contributed by atoms with E-state index in [9.17, 15) is 0 Å². The number of hydrogen-bond donors (Lipinski definition) is 1. The van der Waals surface area contributed by atoms with Crippen LogP contribution in [0.2, 0.25) is 0 Å². The summed E-state index contributed by atoms with van der Waals surface area (Å²) in [5.74, 6) is 1.74. The largest absolute Gasteiger partial charge is 0.489 e. The Morgan fingerprint density at radius 2 is 2.10 bits per heavy atom. The normalized spacial score (nSPS) is 10.8. The molecule has 0 fully saturated rings. The van der Waals surface area contributed by atoms with Crippen LogP contribution in [0, 0.1) is 6.92 Å². The lowest BCUT2D eigenvalue weighted by atomic mass is 10.2. The van der Waals surface area contributed by atoms with E-state index in [2.05, 4.69) is 9.97 Å². The smallest absolute Gasteiger partial charge is 0.145 e. The van der Waals surface area contributed by atoms with Crippen LogP contribution in [0.25, 0.3) is 10.9 Å². The van der Waals surface area contributed by atoms with Gasteiger partial charge >= 0.3 is 0 Å². The highest BCUT2D eigenvalue weighted by atomic mass is 16.5. The highest BCUT2D eigenvalue weighted by Crippen LogP contribution is 2.27. The predicted molar refractivity (Wildman–Crippen MR) is 78.6 cm³/mol. The Labute approximate surface area is 117 Å². The molecule has 2 heterocycles. The summed E-state index contributed by atoms with van der Waals surface area (Å²) >= 11 is 0. The first-order valence-electron chi connectivity index (χ1n) is 6.49. The SMILES string of the molecule is Cc1nccn1CCOc1ccc(N)c2cccnc12. The fourth-order valence-corrected chi connectivity index (χ4v) is 2.18. The Kier molecular flexibility index (Phi) is 3.25. The number of aromatic nitrogens is 3. The van der Waals surface area contributed by atoms with Crippen molar-refractivity contribution < 1.29 is 4.74 Å². The average Bonchev–Trinajstić information content (AvgIpc) is 2.87. The Bertz CT molecular complexity index is 736. The summed E-state index contributed by atoms with van der Waals surface area (Å²) in [7, 11) is 0. The molecule has 5 heteroatoms. The minimum absolute atomic E-state index is 0.562. The van der Waals surface area contributed by atoms with Crippen molar-refractivity contribution >= 4 is 16.6 Å². The minimum atomic E-state index is 0.562. The lowest BCUT2D eigenvalue weighted by Gasteiger charge is -2.11. The van der Waals surface area contributed by atoms with Crippen LogP contribution >= 0.6 is 0 Å². The van der Waals surface area contributed by atoms with Crippen molar-refractivity contribution in [3.63, 3.8) is 0 Å². The van der Waals surface area contributed by atoms with Crippen LogP contribution in [0.1, 0.15) is 5.82 Å². The number of nitrogens with two attached hydrogens (primary N) is 1. The van der Waals surface area contributed by atoms with Gasteiger partial charge in [-0.15, -0.1) is 0 Å². The second-order valence-electron chi connectivity index (χ2n) is 4.57. The first-order chi connectivity index (χ1) is 9.75. The van der Waals surface area contributed by atoms with Gasteiger partial charge in [0.15, 0.2) is 0 Å². The molecule has 0 atom stereocenters. The van der Waals surface area contributed by atoms with Gasteiger partial charge in [0.05, 0.1) is 6.54 Å². The second kappa shape index (κ2) is 5.21. The minimum Gasteiger partial charge on any atom is -0.489 e. The molecule has 3 rings (SSSR count). The molecule has 2 aromatic heterocycles. The van der Waals surface area contributed by atoms with Gasteiger partial charge in [-0.05, 0) is 31.2 Å². The van der Waals surface area contributed by atoms with E-state index in [1.165, 1.54) is 0 Å². The third-order valence-electron chi connectivity index (χ3n) is 3.28. The lowest BCUT2D eigenvalue weighted by molar-refractivity contribution is 0.300. The quantitative estimate of drug-likeness (QED) is 0.738. The molecule has 0 aliphatic heterocycles. The standard InChI is InChI=1S/C15H16N4O/c1-11-17-7-8-19(11)9-10-20-14-5-4-13(16)12-3-2-6-18-15(12)14/h2-8H,9-10,16H2,1H3. The van der Waals surface area contributed by atoms with Gasteiger partial charge < -0.3 is 15.0 Å². The number of ether oxygens (including phenoxy) is 1. The van der Waals surface area contributed by atoms with Crippen LogP contribution < -0.4 is 10.5 Å². The maximum absolute atomic E-state index is 5.94. The second-order valence-corrected chi connectivity index (χ2v) is 4.57. The monoisotopic (exact) mass is 268 g/mol. The molecule has 102 valence electrons. The van der Waals surface area contributed by atoms with Crippen molar-refractivity contribution in [2.45, 2.75) is 13.5 Å². The molecular formula is C15H16N4O. The molecule has 0 bridgehead atoms. The lowest BCUT2D eigenvalue weighted by Crippen LogP contribution is -2.09. The van der Waals surface area contributed by atoms with Gasteiger partial charge in [-0.25, -0.2) is 4.98 Å². The van der Waals surface area contributed by atoms with Gasteiger partial charge in [0.25, 0.3) is 0 Å². The van der Waals surface area contributed by atoms with Gasteiger partial charge in [-0.1, -0.05) is 0 Å². The van der Waals surface area contributed by atoms with E-state index in [0.717, 1.165) is 29.0 Å². The molecule has 0 spiro atoms. The number of imidazole rings is 1. The van der Waals surface area contributed by atoms with E-state index >= 15 is 0 Å². The summed E-state index contributed by atoms with van der Waals surface area (Å²) in [6.07, 6.45) is 5.47. The molecule has 20 heavy (non-hydrogen) atoms. The van der Waals surface area contributed by atoms with Gasteiger partial charge in [0.2, 0.25) is 0 Å². The van der Waals surface area contributed by atoms with Crippen LogP contribution in [-0.2, 0) is 6.54 Å². The fourth-order valence-electron chi connectivity index (χ4n) is 2.18. The number of fused-ring (bicyclic) bond motifs is 1. The van der Waals surface area contributed by atoms with Gasteiger partial charge in [-0.2, -0.15) is 0 Å². The van der Waals surface area contributed by atoms with Gasteiger partial charge in [0, 0.05) is 29.7 Å².